The van der Waals surface area contributed by atoms with Gasteiger partial charge >= 0.3 is 0 Å². The van der Waals surface area contributed by atoms with Gasteiger partial charge in [-0.2, -0.15) is 17.0 Å². The van der Waals surface area contributed by atoms with E-state index in [0.717, 1.165) is 22.3 Å². The Balaban J connectivity index is 1.69. The van der Waals surface area contributed by atoms with Gasteiger partial charge in [-0.1, -0.05) is 17.7 Å². The largest absolute Gasteiger partial charge is 0.497 e. The summed E-state index contributed by atoms with van der Waals surface area (Å²) in [5, 5.41) is 2.72. The Morgan fingerprint density at radius 2 is 1.48 bits per heavy atom. The molecule has 1 fully saturated rings. The molecule has 168 valence electrons. The van der Waals surface area contributed by atoms with Crippen LogP contribution in [0.3, 0.4) is 0 Å². The number of nitrogens with zero attached hydrogens (tertiary/aromatic N) is 2. The molecule has 1 amide bonds. The summed E-state index contributed by atoms with van der Waals surface area (Å²) in [6.07, 6.45) is 0. The number of hydrogen-bond acceptors (Lipinski definition) is 5. The van der Waals surface area contributed by atoms with Crippen LogP contribution in [0.4, 0.5) is 5.69 Å². The van der Waals surface area contributed by atoms with E-state index in [1.165, 1.54) is 22.8 Å². The van der Waals surface area contributed by atoms with Gasteiger partial charge in [0.25, 0.3) is 10.2 Å². The van der Waals surface area contributed by atoms with Crippen LogP contribution in [-0.4, -0.2) is 56.8 Å². The zero-order valence-corrected chi connectivity index (χ0v) is 19.4. The zero-order valence-electron chi connectivity index (χ0n) is 18.6. The van der Waals surface area contributed by atoms with Crippen molar-refractivity contribution in [3.8, 4) is 11.5 Å². The van der Waals surface area contributed by atoms with Crippen LogP contribution in [0, 0.1) is 20.8 Å². The summed E-state index contributed by atoms with van der Waals surface area (Å²) < 4.78 is 39.0. The number of amides is 1. The van der Waals surface area contributed by atoms with Crippen LogP contribution in [0.25, 0.3) is 0 Å². The van der Waals surface area contributed by atoms with Gasteiger partial charge in [0, 0.05) is 43.5 Å². The molecule has 0 bridgehead atoms. The lowest BCUT2D eigenvalue weighted by Gasteiger charge is -2.20. The van der Waals surface area contributed by atoms with E-state index in [9.17, 15) is 13.2 Å². The second-order valence-corrected chi connectivity index (χ2v) is 9.63. The number of methoxy groups -OCH3 is 2. The Morgan fingerprint density at radius 3 is 2.03 bits per heavy atom. The molecule has 1 aliphatic heterocycles. The maximum Gasteiger partial charge on any atom is 0.282 e. The number of hydrogen-bond donors (Lipinski definition) is 1. The SMILES string of the molecule is COc1cc(NC(=O)CN2CCN(Cc3c(C)cc(C)cc3C)S2(=O)=O)cc(OC)c1. The van der Waals surface area contributed by atoms with Crippen molar-refractivity contribution in [3.63, 3.8) is 0 Å². The third-order valence-electron chi connectivity index (χ3n) is 5.38. The van der Waals surface area contributed by atoms with Crippen LogP contribution in [0.5, 0.6) is 11.5 Å². The lowest BCUT2D eigenvalue weighted by atomic mass is 10.00. The van der Waals surface area contributed by atoms with Crippen LogP contribution in [0.15, 0.2) is 30.3 Å². The average molecular weight is 448 g/mol. The Kier molecular flexibility index (Phi) is 6.88. The van der Waals surface area contributed by atoms with Gasteiger partial charge in [-0.05, 0) is 37.5 Å². The molecule has 1 heterocycles. The van der Waals surface area contributed by atoms with E-state index in [1.54, 1.807) is 18.2 Å². The molecule has 2 aromatic rings. The normalized spacial score (nSPS) is 16.3. The third-order valence-corrected chi connectivity index (χ3v) is 7.31. The molecular weight excluding hydrogens is 418 g/mol. The summed E-state index contributed by atoms with van der Waals surface area (Å²) in [5.41, 5.74) is 4.76. The molecule has 9 heteroatoms. The van der Waals surface area contributed by atoms with Crippen LogP contribution in [0.2, 0.25) is 0 Å². The Morgan fingerprint density at radius 1 is 0.935 bits per heavy atom. The van der Waals surface area contributed by atoms with E-state index >= 15 is 0 Å². The van der Waals surface area contributed by atoms with Gasteiger partial charge in [0.05, 0.1) is 20.8 Å². The first-order valence-electron chi connectivity index (χ1n) is 9.99. The lowest BCUT2D eigenvalue weighted by molar-refractivity contribution is -0.116. The van der Waals surface area contributed by atoms with Gasteiger partial charge in [0.2, 0.25) is 5.91 Å². The molecule has 8 nitrogen and oxygen atoms in total. The summed E-state index contributed by atoms with van der Waals surface area (Å²) in [4.78, 5) is 12.5. The van der Waals surface area contributed by atoms with Crippen molar-refractivity contribution in [3.05, 3.63) is 52.6 Å². The Labute approximate surface area is 183 Å². The highest BCUT2D eigenvalue weighted by atomic mass is 32.2. The van der Waals surface area contributed by atoms with Gasteiger partial charge in [0.15, 0.2) is 0 Å². The van der Waals surface area contributed by atoms with E-state index < -0.39 is 16.1 Å². The van der Waals surface area contributed by atoms with E-state index in [4.69, 9.17) is 9.47 Å². The van der Waals surface area contributed by atoms with E-state index in [1.807, 2.05) is 20.8 Å². The zero-order chi connectivity index (χ0) is 22.8. The summed E-state index contributed by atoms with van der Waals surface area (Å²) in [6, 6.07) is 9.09. The molecule has 31 heavy (non-hydrogen) atoms. The standard InChI is InChI=1S/C22H29N3O5S/c1-15-8-16(2)21(17(3)9-15)13-24-6-7-25(31(24,27)28)14-22(26)23-18-10-19(29-4)12-20(11-18)30-5/h8-12H,6-7,13-14H2,1-5H3,(H,23,26). The molecule has 0 saturated carbocycles. The fourth-order valence-electron chi connectivity index (χ4n) is 3.81. The molecule has 2 aromatic carbocycles. The summed E-state index contributed by atoms with van der Waals surface area (Å²) in [5.74, 6) is 0.625. The second-order valence-electron chi connectivity index (χ2n) is 7.70. The minimum atomic E-state index is -3.73. The Hall–Kier alpha value is -2.62. The molecule has 0 spiro atoms. The van der Waals surface area contributed by atoms with Crippen molar-refractivity contribution in [2.75, 3.05) is 39.2 Å². The molecule has 0 unspecified atom stereocenters. The van der Waals surface area contributed by atoms with Gasteiger partial charge in [-0.3, -0.25) is 4.79 Å². The number of rotatable bonds is 7. The van der Waals surface area contributed by atoms with Crippen molar-refractivity contribution in [1.82, 2.24) is 8.61 Å². The number of anilines is 1. The summed E-state index contributed by atoms with van der Waals surface area (Å²) in [7, 11) is -0.692. The van der Waals surface area contributed by atoms with Crippen molar-refractivity contribution in [2.45, 2.75) is 27.3 Å². The predicted octanol–water partition coefficient (Wildman–Crippen LogP) is 2.63. The van der Waals surface area contributed by atoms with Crippen LogP contribution >= 0.6 is 0 Å². The first kappa shape index (κ1) is 23.1. The topological polar surface area (TPSA) is 88.2 Å². The second kappa shape index (κ2) is 9.25. The number of carbonyl (C=O) groups excluding carboxylic acids is 1. The number of nitrogens with one attached hydrogen (secondary N) is 1. The molecule has 3 rings (SSSR count). The molecule has 0 radical (unpaired) electrons. The first-order chi connectivity index (χ1) is 14.6. The van der Waals surface area contributed by atoms with Gasteiger partial charge in [0.1, 0.15) is 11.5 Å². The number of ether oxygens (including phenoxy) is 2. The molecular formula is C22H29N3O5S. The van der Waals surface area contributed by atoms with Crippen molar-refractivity contribution >= 4 is 21.8 Å². The number of aryl methyl sites for hydroxylation is 3. The molecule has 0 atom stereocenters. The maximum absolute atomic E-state index is 13.0. The van der Waals surface area contributed by atoms with Crippen LogP contribution in [-0.2, 0) is 21.5 Å². The molecule has 1 aliphatic rings. The van der Waals surface area contributed by atoms with E-state index in [0.29, 0.717) is 30.3 Å². The van der Waals surface area contributed by atoms with Gasteiger partial charge in [-0.25, -0.2) is 0 Å². The smallest absolute Gasteiger partial charge is 0.282 e. The van der Waals surface area contributed by atoms with E-state index in [-0.39, 0.29) is 13.1 Å². The highest BCUT2D eigenvalue weighted by Crippen LogP contribution is 2.27. The first-order valence-corrected chi connectivity index (χ1v) is 11.4. The molecule has 0 aliphatic carbocycles. The summed E-state index contributed by atoms with van der Waals surface area (Å²) >= 11 is 0. The Bertz CT molecular complexity index is 1040. The minimum Gasteiger partial charge on any atom is -0.497 e. The highest BCUT2D eigenvalue weighted by molar-refractivity contribution is 7.87. The predicted molar refractivity (Wildman–Crippen MR) is 120 cm³/mol. The maximum atomic E-state index is 13.0. The number of carbonyl (C=O) groups is 1. The monoisotopic (exact) mass is 447 g/mol. The van der Waals surface area contributed by atoms with Gasteiger partial charge in [-0.15, -0.1) is 0 Å². The number of benzene rings is 2. The molecule has 0 aromatic heterocycles. The van der Waals surface area contributed by atoms with Crippen molar-refractivity contribution < 1.29 is 22.7 Å². The summed E-state index contributed by atoms with van der Waals surface area (Å²) in [6.45, 7) is 6.65. The fourth-order valence-corrected chi connectivity index (χ4v) is 5.34. The minimum absolute atomic E-state index is 0.260. The molecule has 1 N–H and O–H groups in total. The van der Waals surface area contributed by atoms with E-state index in [2.05, 4.69) is 17.4 Å². The van der Waals surface area contributed by atoms with Crippen LogP contribution < -0.4 is 14.8 Å². The lowest BCUT2D eigenvalue weighted by Crippen LogP contribution is -2.38. The van der Waals surface area contributed by atoms with Crippen LogP contribution in [0.1, 0.15) is 22.3 Å². The van der Waals surface area contributed by atoms with Crippen molar-refractivity contribution in [1.29, 1.82) is 0 Å². The third kappa shape index (κ3) is 5.17. The highest BCUT2D eigenvalue weighted by Gasteiger charge is 2.37. The molecule has 1 saturated heterocycles. The quantitative estimate of drug-likeness (QED) is 0.705. The fraction of sp³-hybridized carbons (Fsp3) is 0.409. The van der Waals surface area contributed by atoms with Gasteiger partial charge < -0.3 is 14.8 Å². The van der Waals surface area contributed by atoms with Crippen molar-refractivity contribution in [2.24, 2.45) is 0 Å². The average Bonchev–Trinajstić information content (AvgIpc) is 2.97.